The fourth-order valence-corrected chi connectivity index (χ4v) is 4.58. The molecule has 7 heteroatoms. The number of hydrogen-bond donors (Lipinski definition) is 1. The van der Waals surface area contributed by atoms with Crippen LogP contribution in [-0.4, -0.2) is 27.6 Å². The number of carbonyl (C=O) groups is 1. The zero-order chi connectivity index (χ0) is 15.9. The van der Waals surface area contributed by atoms with Crippen molar-refractivity contribution in [3.63, 3.8) is 0 Å². The number of hydrogen-bond acceptors (Lipinski definition) is 6. The molecule has 0 atom stereocenters. The third-order valence-corrected chi connectivity index (χ3v) is 5.91. The standard InChI is InChI=1S/C15H19N3OS3/c1-4-20-14-17-18-15(22-14)21-9-13(19)16-12-8-6-5-7-11(12)10(2)3/h5-8,10H,4,9H2,1-3H3,(H,16,19). The van der Waals surface area contributed by atoms with Gasteiger partial charge in [0, 0.05) is 5.69 Å². The summed E-state index contributed by atoms with van der Waals surface area (Å²) in [5, 5.41) is 11.2. The van der Waals surface area contributed by atoms with E-state index in [-0.39, 0.29) is 5.91 Å². The van der Waals surface area contributed by atoms with Crippen LogP contribution in [0.2, 0.25) is 0 Å². The Balaban J connectivity index is 1.90. The molecule has 0 radical (unpaired) electrons. The fraction of sp³-hybridized carbons (Fsp3) is 0.400. The third-order valence-electron chi connectivity index (χ3n) is 2.84. The van der Waals surface area contributed by atoms with Gasteiger partial charge in [-0.15, -0.1) is 10.2 Å². The molecular weight excluding hydrogens is 334 g/mol. The Kier molecular flexibility index (Phi) is 6.72. The van der Waals surface area contributed by atoms with Crippen LogP contribution >= 0.6 is 34.9 Å². The molecule has 4 nitrogen and oxygen atoms in total. The zero-order valence-corrected chi connectivity index (χ0v) is 15.3. The van der Waals surface area contributed by atoms with Crippen molar-refractivity contribution in [2.75, 3.05) is 16.8 Å². The number of nitrogens with one attached hydrogen (secondary N) is 1. The van der Waals surface area contributed by atoms with Crippen molar-refractivity contribution >= 4 is 46.5 Å². The normalized spacial score (nSPS) is 10.9. The first kappa shape index (κ1) is 17.3. The van der Waals surface area contributed by atoms with Gasteiger partial charge < -0.3 is 5.32 Å². The summed E-state index contributed by atoms with van der Waals surface area (Å²) >= 11 is 4.63. The van der Waals surface area contributed by atoms with Crippen LogP contribution in [0.25, 0.3) is 0 Å². The number of carbonyl (C=O) groups excluding carboxylic acids is 1. The molecule has 0 fully saturated rings. The smallest absolute Gasteiger partial charge is 0.234 e. The Bertz CT molecular complexity index is 628. The number of amides is 1. The monoisotopic (exact) mass is 353 g/mol. The summed E-state index contributed by atoms with van der Waals surface area (Å²) in [4.78, 5) is 12.1. The number of aromatic nitrogens is 2. The summed E-state index contributed by atoms with van der Waals surface area (Å²) in [7, 11) is 0. The van der Waals surface area contributed by atoms with Gasteiger partial charge in [0.1, 0.15) is 0 Å². The average Bonchev–Trinajstić information content (AvgIpc) is 2.94. The molecule has 1 N–H and O–H groups in total. The second-order valence-corrected chi connectivity index (χ2v) is 8.56. The van der Waals surface area contributed by atoms with E-state index in [1.54, 1.807) is 11.8 Å². The predicted octanol–water partition coefficient (Wildman–Crippen LogP) is 4.50. The van der Waals surface area contributed by atoms with Crippen LogP contribution in [0.5, 0.6) is 0 Å². The van der Waals surface area contributed by atoms with Gasteiger partial charge >= 0.3 is 0 Å². The van der Waals surface area contributed by atoms with Crippen LogP contribution in [0, 0.1) is 0 Å². The van der Waals surface area contributed by atoms with Crippen LogP contribution in [0.1, 0.15) is 32.3 Å². The van der Waals surface area contributed by atoms with Crippen LogP contribution in [0.4, 0.5) is 5.69 Å². The van der Waals surface area contributed by atoms with Gasteiger partial charge in [-0.3, -0.25) is 4.79 Å². The number of nitrogens with zero attached hydrogens (tertiary/aromatic N) is 2. The van der Waals surface area contributed by atoms with Crippen LogP contribution in [0.15, 0.2) is 32.9 Å². The van der Waals surface area contributed by atoms with Gasteiger partial charge in [-0.05, 0) is 23.3 Å². The van der Waals surface area contributed by atoms with Gasteiger partial charge in [-0.2, -0.15) is 0 Å². The summed E-state index contributed by atoms with van der Waals surface area (Å²) in [6, 6.07) is 7.92. The molecule has 0 aliphatic heterocycles. The first-order valence-electron chi connectivity index (χ1n) is 7.08. The summed E-state index contributed by atoms with van der Waals surface area (Å²) in [5.74, 6) is 1.68. The minimum Gasteiger partial charge on any atom is -0.325 e. The maximum absolute atomic E-state index is 12.1. The zero-order valence-electron chi connectivity index (χ0n) is 12.8. The summed E-state index contributed by atoms with van der Waals surface area (Å²) in [5.41, 5.74) is 2.04. The van der Waals surface area contributed by atoms with Crippen molar-refractivity contribution in [3.8, 4) is 0 Å². The molecule has 1 aromatic carbocycles. The molecule has 2 rings (SSSR count). The Morgan fingerprint density at radius 3 is 2.59 bits per heavy atom. The van der Waals surface area contributed by atoms with Gasteiger partial charge in [0.15, 0.2) is 8.68 Å². The third kappa shape index (κ3) is 5.00. The van der Waals surface area contributed by atoms with E-state index >= 15 is 0 Å². The first-order chi connectivity index (χ1) is 10.6. The molecule has 0 saturated heterocycles. The molecule has 1 amide bonds. The van der Waals surface area contributed by atoms with Crippen molar-refractivity contribution in [3.05, 3.63) is 29.8 Å². The Hall–Kier alpha value is -1.05. The van der Waals surface area contributed by atoms with E-state index in [9.17, 15) is 4.79 Å². The molecule has 22 heavy (non-hydrogen) atoms. The highest BCUT2D eigenvalue weighted by Crippen LogP contribution is 2.29. The highest BCUT2D eigenvalue weighted by Gasteiger charge is 2.11. The van der Waals surface area contributed by atoms with E-state index in [4.69, 9.17) is 0 Å². The van der Waals surface area contributed by atoms with E-state index in [0.717, 1.165) is 25.7 Å². The maximum Gasteiger partial charge on any atom is 0.234 e. The molecule has 0 unspecified atom stereocenters. The van der Waals surface area contributed by atoms with E-state index in [1.165, 1.54) is 23.1 Å². The van der Waals surface area contributed by atoms with Crippen molar-refractivity contribution in [1.82, 2.24) is 10.2 Å². The van der Waals surface area contributed by atoms with Gasteiger partial charge in [0.2, 0.25) is 5.91 Å². The molecular formula is C15H19N3OS3. The molecule has 1 heterocycles. The molecule has 0 saturated carbocycles. The van der Waals surface area contributed by atoms with E-state index < -0.39 is 0 Å². The van der Waals surface area contributed by atoms with Crippen LogP contribution < -0.4 is 5.32 Å². The fourth-order valence-electron chi connectivity index (χ4n) is 1.87. The van der Waals surface area contributed by atoms with Crippen molar-refractivity contribution in [2.24, 2.45) is 0 Å². The first-order valence-corrected chi connectivity index (χ1v) is 9.86. The maximum atomic E-state index is 12.1. The second kappa shape index (κ2) is 8.55. The minimum atomic E-state index is -0.0157. The van der Waals surface area contributed by atoms with E-state index in [2.05, 4.69) is 36.3 Å². The molecule has 0 aliphatic carbocycles. The van der Waals surface area contributed by atoms with Crippen molar-refractivity contribution in [2.45, 2.75) is 35.4 Å². The SMILES string of the molecule is CCSc1nnc(SCC(=O)Nc2ccccc2C(C)C)s1. The molecule has 0 aliphatic rings. The highest BCUT2D eigenvalue weighted by atomic mass is 32.2. The van der Waals surface area contributed by atoms with Crippen LogP contribution in [0.3, 0.4) is 0 Å². The lowest BCUT2D eigenvalue weighted by molar-refractivity contribution is -0.113. The molecule has 2 aromatic rings. The topological polar surface area (TPSA) is 54.9 Å². The number of benzene rings is 1. The number of rotatable bonds is 7. The van der Waals surface area contributed by atoms with E-state index in [1.807, 2.05) is 24.3 Å². The van der Waals surface area contributed by atoms with Crippen LogP contribution in [-0.2, 0) is 4.79 Å². The molecule has 1 aromatic heterocycles. The molecule has 0 spiro atoms. The Morgan fingerprint density at radius 2 is 1.91 bits per heavy atom. The van der Waals surface area contributed by atoms with Crippen molar-refractivity contribution < 1.29 is 4.79 Å². The minimum absolute atomic E-state index is 0.0157. The van der Waals surface area contributed by atoms with Crippen molar-refractivity contribution in [1.29, 1.82) is 0 Å². The highest BCUT2D eigenvalue weighted by molar-refractivity contribution is 8.03. The number of anilines is 1. The summed E-state index contributed by atoms with van der Waals surface area (Å²) in [6.45, 7) is 6.32. The summed E-state index contributed by atoms with van der Waals surface area (Å²) in [6.07, 6.45) is 0. The average molecular weight is 354 g/mol. The number of para-hydroxylation sites is 1. The molecule has 0 bridgehead atoms. The van der Waals surface area contributed by atoms with Gasteiger partial charge in [0.25, 0.3) is 0 Å². The van der Waals surface area contributed by atoms with E-state index in [0.29, 0.717) is 11.7 Å². The quantitative estimate of drug-likeness (QED) is 0.743. The van der Waals surface area contributed by atoms with Gasteiger partial charge in [0.05, 0.1) is 5.75 Å². The Labute approximate surface area is 143 Å². The Morgan fingerprint density at radius 1 is 1.23 bits per heavy atom. The number of thioether (sulfide) groups is 2. The lowest BCUT2D eigenvalue weighted by Gasteiger charge is -2.13. The lowest BCUT2D eigenvalue weighted by Crippen LogP contribution is -2.15. The second-order valence-electron chi connectivity index (χ2n) is 4.85. The van der Waals surface area contributed by atoms with Gasteiger partial charge in [-0.25, -0.2) is 0 Å². The summed E-state index contributed by atoms with van der Waals surface area (Å²) < 4.78 is 1.79. The predicted molar refractivity (Wildman–Crippen MR) is 96.2 cm³/mol. The molecule has 118 valence electrons. The van der Waals surface area contributed by atoms with Gasteiger partial charge in [-0.1, -0.05) is 73.8 Å². The largest absolute Gasteiger partial charge is 0.325 e. The lowest BCUT2D eigenvalue weighted by atomic mass is 10.0.